The predicted octanol–water partition coefficient (Wildman–Crippen LogP) is 3.22. The van der Waals surface area contributed by atoms with Gasteiger partial charge in [-0.1, -0.05) is 29.8 Å². The Kier molecular flexibility index (Phi) is 6.85. The molecule has 0 aromatic heterocycles. The first-order chi connectivity index (χ1) is 13.0. The van der Waals surface area contributed by atoms with E-state index >= 15 is 0 Å². The third-order valence-electron chi connectivity index (χ3n) is 3.95. The Balaban J connectivity index is 2.06. The maximum absolute atomic E-state index is 12.3. The van der Waals surface area contributed by atoms with Gasteiger partial charge in [-0.2, -0.15) is 8.42 Å². The van der Waals surface area contributed by atoms with Crippen LogP contribution in [0, 0.1) is 12.8 Å². The maximum atomic E-state index is 12.3. The van der Waals surface area contributed by atoms with E-state index in [9.17, 15) is 13.2 Å². The summed E-state index contributed by atoms with van der Waals surface area (Å²) in [6.45, 7) is 7.45. The Bertz CT molecular complexity index is 897. The molecule has 2 rings (SSSR count). The highest BCUT2D eigenvalue weighted by Gasteiger charge is 2.24. The lowest BCUT2D eigenvalue weighted by Gasteiger charge is -2.23. The molecule has 1 unspecified atom stereocenters. The fraction of sp³-hybridized carbons (Fsp3) is 0.381. The third kappa shape index (κ3) is 6.35. The average Bonchev–Trinajstić information content (AvgIpc) is 2.59. The second kappa shape index (κ2) is 8.75. The summed E-state index contributed by atoms with van der Waals surface area (Å²) >= 11 is 0. The maximum Gasteiger partial charge on any atom is 0.339 e. The van der Waals surface area contributed by atoms with Gasteiger partial charge in [-0.15, -0.1) is 0 Å². The standard InChI is InChI=1S/C21H27NO5S/c1-15-5-11-19(12-6-15)28(24,25)27-18-9-7-16(8-10-18)13-17(14-22)20(23)26-21(2,3)4/h5-12,17H,13-14,22H2,1-4H3. The third-order valence-corrected chi connectivity index (χ3v) is 5.21. The molecule has 0 aliphatic heterocycles. The van der Waals surface area contributed by atoms with Gasteiger partial charge in [-0.05, 0) is 63.9 Å². The lowest BCUT2D eigenvalue weighted by atomic mass is 9.99. The Labute approximate surface area is 166 Å². The van der Waals surface area contributed by atoms with Gasteiger partial charge >= 0.3 is 16.1 Å². The SMILES string of the molecule is Cc1ccc(S(=O)(=O)Oc2ccc(CC(CN)C(=O)OC(C)(C)C)cc2)cc1. The quantitative estimate of drug-likeness (QED) is 0.561. The molecule has 152 valence electrons. The van der Waals surface area contributed by atoms with Crippen LogP contribution in [0.25, 0.3) is 0 Å². The molecule has 2 N–H and O–H groups in total. The molecule has 2 aromatic rings. The minimum absolute atomic E-state index is 0.0929. The van der Waals surface area contributed by atoms with E-state index in [0.29, 0.717) is 6.42 Å². The van der Waals surface area contributed by atoms with Gasteiger partial charge in [0.2, 0.25) is 0 Å². The number of esters is 1. The molecule has 0 spiro atoms. The van der Waals surface area contributed by atoms with E-state index in [1.807, 2.05) is 6.92 Å². The van der Waals surface area contributed by atoms with Crippen LogP contribution in [0.5, 0.6) is 5.75 Å². The van der Waals surface area contributed by atoms with Crippen molar-refractivity contribution in [1.82, 2.24) is 0 Å². The highest BCUT2D eigenvalue weighted by molar-refractivity contribution is 7.87. The second-order valence-electron chi connectivity index (χ2n) is 7.66. The van der Waals surface area contributed by atoms with E-state index < -0.39 is 21.6 Å². The number of ether oxygens (including phenoxy) is 1. The highest BCUT2D eigenvalue weighted by atomic mass is 32.2. The van der Waals surface area contributed by atoms with E-state index in [-0.39, 0.29) is 23.2 Å². The van der Waals surface area contributed by atoms with Crippen LogP contribution in [0.3, 0.4) is 0 Å². The summed E-state index contributed by atoms with van der Waals surface area (Å²) in [4.78, 5) is 12.3. The summed E-state index contributed by atoms with van der Waals surface area (Å²) in [5.74, 6) is -0.620. The van der Waals surface area contributed by atoms with Crippen molar-refractivity contribution in [2.24, 2.45) is 11.7 Å². The molecule has 0 saturated heterocycles. The number of hydrogen-bond acceptors (Lipinski definition) is 6. The second-order valence-corrected chi connectivity index (χ2v) is 9.21. The zero-order chi connectivity index (χ0) is 20.9. The van der Waals surface area contributed by atoms with Crippen LogP contribution in [0.4, 0.5) is 0 Å². The lowest BCUT2D eigenvalue weighted by Crippen LogP contribution is -2.33. The van der Waals surface area contributed by atoms with Crippen LogP contribution >= 0.6 is 0 Å². The van der Waals surface area contributed by atoms with Crippen molar-refractivity contribution in [3.63, 3.8) is 0 Å². The number of benzene rings is 2. The molecule has 28 heavy (non-hydrogen) atoms. The molecule has 6 nitrogen and oxygen atoms in total. The van der Waals surface area contributed by atoms with E-state index in [1.165, 1.54) is 12.1 Å². The fourth-order valence-corrected chi connectivity index (χ4v) is 3.42. The van der Waals surface area contributed by atoms with Crippen LogP contribution in [0.15, 0.2) is 53.4 Å². The van der Waals surface area contributed by atoms with Crippen LogP contribution < -0.4 is 9.92 Å². The molecule has 0 aliphatic rings. The Morgan fingerprint density at radius 1 is 1.04 bits per heavy atom. The molecule has 7 heteroatoms. The number of aryl methyl sites for hydroxylation is 1. The van der Waals surface area contributed by atoms with Gasteiger partial charge in [-0.3, -0.25) is 4.79 Å². The summed E-state index contributed by atoms with van der Waals surface area (Å²) < 4.78 is 35.3. The van der Waals surface area contributed by atoms with Crippen molar-refractivity contribution in [3.8, 4) is 5.75 Å². The fourth-order valence-electron chi connectivity index (χ4n) is 2.49. The van der Waals surface area contributed by atoms with E-state index in [0.717, 1.165) is 11.1 Å². The summed E-state index contributed by atoms with van der Waals surface area (Å²) in [5, 5.41) is 0. The molecular formula is C21H27NO5S. The summed E-state index contributed by atoms with van der Waals surface area (Å²) in [7, 11) is -3.90. The normalized spacial score (nSPS) is 13.0. The first kappa shape index (κ1) is 21.9. The number of hydrogen-bond donors (Lipinski definition) is 1. The van der Waals surface area contributed by atoms with Crippen molar-refractivity contribution < 1.29 is 22.1 Å². The van der Waals surface area contributed by atoms with Crippen molar-refractivity contribution in [1.29, 1.82) is 0 Å². The van der Waals surface area contributed by atoms with Crippen molar-refractivity contribution in [2.75, 3.05) is 6.54 Å². The van der Waals surface area contributed by atoms with Gasteiger partial charge < -0.3 is 14.7 Å². The molecule has 0 radical (unpaired) electrons. The van der Waals surface area contributed by atoms with Crippen LogP contribution in [-0.4, -0.2) is 26.5 Å². The molecule has 0 fully saturated rings. The van der Waals surface area contributed by atoms with Crippen molar-refractivity contribution in [3.05, 3.63) is 59.7 Å². The number of rotatable bonds is 7. The van der Waals surface area contributed by atoms with Crippen LogP contribution in [-0.2, 0) is 26.1 Å². The lowest BCUT2D eigenvalue weighted by molar-refractivity contribution is -0.159. The van der Waals surface area contributed by atoms with Gasteiger partial charge in [0, 0.05) is 6.54 Å². The average molecular weight is 406 g/mol. The Morgan fingerprint density at radius 2 is 1.61 bits per heavy atom. The van der Waals surface area contributed by atoms with Gasteiger partial charge in [0.05, 0.1) is 5.92 Å². The number of nitrogens with two attached hydrogens (primary N) is 1. The first-order valence-electron chi connectivity index (χ1n) is 9.03. The number of carbonyl (C=O) groups is 1. The van der Waals surface area contributed by atoms with Gasteiger partial charge in [0.1, 0.15) is 16.2 Å². The topological polar surface area (TPSA) is 95.7 Å². The molecular weight excluding hydrogens is 378 g/mol. The predicted molar refractivity (Wildman–Crippen MR) is 108 cm³/mol. The molecule has 1 atom stereocenters. The minimum Gasteiger partial charge on any atom is -0.460 e. The zero-order valence-corrected chi connectivity index (χ0v) is 17.5. The van der Waals surface area contributed by atoms with Gasteiger partial charge in [0.25, 0.3) is 0 Å². The van der Waals surface area contributed by atoms with Crippen molar-refractivity contribution in [2.45, 2.75) is 44.6 Å². The zero-order valence-electron chi connectivity index (χ0n) is 16.6. The highest BCUT2D eigenvalue weighted by Crippen LogP contribution is 2.21. The number of carbonyl (C=O) groups excluding carboxylic acids is 1. The van der Waals surface area contributed by atoms with Crippen molar-refractivity contribution >= 4 is 16.1 Å². The summed E-state index contributed by atoms with van der Waals surface area (Å²) in [6, 6.07) is 13.0. The van der Waals surface area contributed by atoms with E-state index in [1.54, 1.807) is 57.2 Å². The summed E-state index contributed by atoms with van der Waals surface area (Å²) in [6.07, 6.45) is 0.399. The molecule has 2 aromatic carbocycles. The first-order valence-corrected chi connectivity index (χ1v) is 10.4. The molecule has 0 saturated carbocycles. The Morgan fingerprint density at radius 3 is 2.11 bits per heavy atom. The monoisotopic (exact) mass is 405 g/mol. The van der Waals surface area contributed by atoms with Gasteiger partial charge in [0.15, 0.2) is 0 Å². The molecule has 0 aliphatic carbocycles. The smallest absolute Gasteiger partial charge is 0.339 e. The van der Waals surface area contributed by atoms with E-state index in [4.69, 9.17) is 14.7 Å². The van der Waals surface area contributed by atoms with E-state index in [2.05, 4.69) is 0 Å². The summed E-state index contributed by atoms with van der Waals surface area (Å²) in [5.41, 5.74) is 6.94. The Hall–Kier alpha value is -2.38. The molecule has 0 amide bonds. The minimum atomic E-state index is -3.90. The largest absolute Gasteiger partial charge is 0.460 e. The molecule has 0 bridgehead atoms. The van der Waals surface area contributed by atoms with Crippen LogP contribution in [0.1, 0.15) is 31.9 Å². The van der Waals surface area contributed by atoms with Crippen LogP contribution in [0.2, 0.25) is 0 Å². The van der Waals surface area contributed by atoms with Gasteiger partial charge in [-0.25, -0.2) is 0 Å². The molecule has 0 heterocycles.